The minimum absolute atomic E-state index is 0.0861. The van der Waals surface area contributed by atoms with Gasteiger partial charge in [-0.15, -0.1) is 0 Å². The fourth-order valence-corrected chi connectivity index (χ4v) is 2.86. The van der Waals surface area contributed by atoms with Crippen LogP contribution in [0.25, 0.3) is 0 Å². The Bertz CT molecular complexity index is 865. The Morgan fingerprint density at radius 3 is 2.27 bits per heavy atom. The van der Waals surface area contributed by atoms with Crippen LogP contribution in [0, 0.1) is 0 Å². The second-order valence-corrected chi connectivity index (χ2v) is 6.76. The van der Waals surface area contributed by atoms with Crippen LogP contribution in [0.1, 0.15) is 6.42 Å². The molecule has 0 bridgehead atoms. The molecule has 0 heterocycles. The van der Waals surface area contributed by atoms with E-state index in [1.807, 2.05) is 0 Å². The molecule has 0 unspecified atom stereocenters. The summed E-state index contributed by atoms with van der Waals surface area (Å²) in [5, 5.41) is 7.74. The molecule has 140 valence electrons. The molecule has 0 saturated carbocycles. The number of nitrogens with two attached hydrogens (primary N) is 1. The highest BCUT2D eigenvalue weighted by atomic mass is 32.2. The van der Waals surface area contributed by atoms with Gasteiger partial charge >= 0.3 is 0 Å². The highest BCUT2D eigenvalue weighted by Crippen LogP contribution is 2.26. The molecule has 2 aromatic carbocycles. The maximum atomic E-state index is 12.0. The molecule has 1 amide bonds. The van der Waals surface area contributed by atoms with Gasteiger partial charge in [0.2, 0.25) is 15.9 Å². The van der Waals surface area contributed by atoms with E-state index < -0.39 is 10.0 Å². The third-order valence-electron chi connectivity index (χ3n) is 3.41. The lowest BCUT2D eigenvalue weighted by molar-refractivity contribution is -0.116. The van der Waals surface area contributed by atoms with Crippen LogP contribution >= 0.6 is 0 Å². The number of primary sulfonamides is 1. The number of carbonyl (C=O) groups excluding carboxylic acids is 1. The monoisotopic (exact) mass is 380 g/mol. The molecular weight excluding hydrogens is 360 g/mol. The number of ether oxygens (including phenoxy) is 3. The van der Waals surface area contributed by atoms with E-state index in [1.54, 1.807) is 31.4 Å². The molecule has 9 heteroatoms. The molecule has 0 spiro atoms. The van der Waals surface area contributed by atoms with Crippen molar-refractivity contribution in [3.63, 3.8) is 0 Å². The van der Waals surface area contributed by atoms with Gasteiger partial charge in [0.1, 0.15) is 22.1 Å². The van der Waals surface area contributed by atoms with Crippen LogP contribution in [0.5, 0.6) is 17.2 Å². The molecule has 0 atom stereocenters. The summed E-state index contributed by atoms with van der Waals surface area (Å²) in [5.74, 6) is 1.09. The molecule has 0 radical (unpaired) electrons. The highest BCUT2D eigenvalue weighted by Gasteiger charge is 2.16. The minimum Gasteiger partial charge on any atom is -0.497 e. The molecule has 2 rings (SSSR count). The largest absolute Gasteiger partial charge is 0.497 e. The minimum atomic E-state index is -3.97. The molecule has 26 heavy (non-hydrogen) atoms. The SMILES string of the molecule is COc1ccc(OCCC(=O)Nc2ccc(OC)c(S(N)(=O)=O)c2)cc1. The number of methoxy groups -OCH3 is 2. The summed E-state index contributed by atoms with van der Waals surface area (Å²) in [5.41, 5.74) is 0.296. The van der Waals surface area contributed by atoms with E-state index in [4.69, 9.17) is 19.3 Å². The van der Waals surface area contributed by atoms with Crippen molar-refractivity contribution in [2.45, 2.75) is 11.3 Å². The van der Waals surface area contributed by atoms with Gasteiger partial charge in [0.25, 0.3) is 0 Å². The molecule has 3 N–H and O–H groups in total. The van der Waals surface area contributed by atoms with Crippen molar-refractivity contribution in [2.24, 2.45) is 5.14 Å². The third kappa shape index (κ3) is 5.36. The first-order chi connectivity index (χ1) is 12.3. The van der Waals surface area contributed by atoms with E-state index in [0.717, 1.165) is 0 Å². The predicted molar refractivity (Wildman–Crippen MR) is 96.1 cm³/mol. The zero-order valence-corrected chi connectivity index (χ0v) is 15.2. The van der Waals surface area contributed by atoms with Gasteiger partial charge in [0, 0.05) is 5.69 Å². The van der Waals surface area contributed by atoms with Crippen LogP contribution < -0.4 is 24.7 Å². The Hall–Kier alpha value is -2.78. The van der Waals surface area contributed by atoms with E-state index in [1.165, 1.54) is 25.3 Å². The number of hydrogen-bond acceptors (Lipinski definition) is 6. The zero-order chi connectivity index (χ0) is 19.2. The molecular formula is C17H20N2O6S. The lowest BCUT2D eigenvalue weighted by Gasteiger charge is -2.11. The molecule has 0 aliphatic heterocycles. The Morgan fingerprint density at radius 1 is 1.04 bits per heavy atom. The number of sulfonamides is 1. The fraction of sp³-hybridized carbons (Fsp3) is 0.235. The highest BCUT2D eigenvalue weighted by molar-refractivity contribution is 7.89. The van der Waals surface area contributed by atoms with Gasteiger partial charge in [-0.25, -0.2) is 13.6 Å². The summed E-state index contributed by atoms with van der Waals surface area (Å²) in [7, 11) is -1.07. The predicted octanol–water partition coefficient (Wildman–Crippen LogP) is 1.76. The summed E-state index contributed by atoms with van der Waals surface area (Å²) in [6.07, 6.45) is 0.0861. The zero-order valence-electron chi connectivity index (χ0n) is 14.4. The van der Waals surface area contributed by atoms with Crippen molar-refractivity contribution in [1.82, 2.24) is 0 Å². The van der Waals surface area contributed by atoms with Gasteiger partial charge in [0.05, 0.1) is 27.2 Å². The van der Waals surface area contributed by atoms with Gasteiger partial charge in [0.15, 0.2) is 0 Å². The number of hydrogen-bond donors (Lipinski definition) is 2. The van der Waals surface area contributed by atoms with Crippen LogP contribution in [0.3, 0.4) is 0 Å². The van der Waals surface area contributed by atoms with Crippen molar-refractivity contribution >= 4 is 21.6 Å². The topological polar surface area (TPSA) is 117 Å². The standard InChI is InChI=1S/C17H20N2O6S/c1-23-13-4-6-14(7-5-13)25-10-9-17(20)19-12-3-8-15(24-2)16(11-12)26(18,21)22/h3-8,11H,9-10H2,1-2H3,(H,19,20)(H2,18,21,22). The van der Waals surface area contributed by atoms with Gasteiger partial charge in [-0.05, 0) is 42.5 Å². The molecule has 0 saturated heterocycles. The van der Waals surface area contributed by atoms with Gasteiger partial charge in [-0.1, -0.05) is 0 Å². The molecule has 0 aliphatic rings. The van der Waals surface area contributed by atoms with E-state index in [2.05, 4.69) is 5.32 Å². The maximum Gasteiger partial charge on any atom is 0.241 e. The molecule has 0 fully saturated rings. The van der Waals surface area contributed by atoms with Gasteiger partial charge in [-0.3, -0.25) is 4.79 Å². The average Bonchev–Trinajstić information content (AvgIpc) is 2.61. The first kappa shape index (κ1) is 19.5. The van der Waals surface area contributed by atoms with Crippen molar-refractivity contribution in [3.05, 3.63) is 42.5 Å². The van der Waals surface area contributed by atoms with Crippen LogP contribution in [-0.2, 0) is 14.8 Å². The quantitative estimate of drug-likeness (QED) is 0.721. The summed E-state index contributed by atoms with van der Waals surface area (Å²) >= 11 is 0. The van der Waals surface area contributed by atoms with Gasteiger partial charge in [-0.2, -0.15) is 0 Å². The Balaban J connectivity index is 1.93. The number of rotatable bonds is 8. The van der Waals surface area contributed by atoms with Crippen molar-refractivity contribution in [1.29, 1.82) is 0 Å². The molecule has 0 aromatic heterocycles. The van der Waals surface area contributed by atoms with E-state index in [9.17, 15) is 13.2 Å². The van der Waals surface area contributed by atoms with E-state index in [0.29, 0.717) is 17.2 Å². The first-order valence-electron chi connectivity index (χ1n) is 7.61. The Kier molecular flexibility index (Phi) is 6.42. The van der Waals surface area contributed by atoms with Crippen LogP contribution in [0.15, 0.2) is 47.4 Å². The summed E-state index contributed by atoms with van der Waals surface area (Å²) in [4.78, 5) is 11.8. The van der Waals surface area contributed by atoms with Crippen molar-refractivity contribution in [2.75, 3.05) is 26.1 Å². The molecule has 2 aromatic rings. The van der Waals surface area contributed by atoms with E-state index >= 15 is 0 Å². The van der Waals surface area contributed by atoms with Crippen molar-refractivity contribution < 1.29 is 27.4 Å². The van der Waals surface area contributed by atoms with Crippen LogP contribution in [0.2, 0.25) is 0 Å². The molecule has 0 aliphatic carbocycles. The number of benzene rings is 2. The number of amides is 1. The fourth-order valence-electron chi connectivity index (χ4n) is 2.13. The average molecular weight is 380 g/mol. The number of carbonyl (C=O) groups is 1. The smallest absolute Gasteiger partial charge is 0.241 e. The summed E-state index contributed by atoms with van der Waals surface area (Å²) in [6.45, 7) is 0.163. The third-order valence-corrected chi connectivity index (χ3v) is 4.34. The Labute approximate surface area is 151 Å². The van der Waals surface area contributed by atoms with Crippen LogP contribution in [-0.4, -0.2) is 35.2 Å². The maximum absolute atomic E-state index is 12.0. The van der Waals surface area contributed by atoms with Crippen LogP contribution in [0.4, 0.5) is 5.69 Å². The first-order valence-corrected chi connectivity index (χ1v) is 9.15. The second kappa shape index (κ2) is 8.54. The summed E-state index contributed by atoms with van der Waals surface area (Å²) < 4.78 is 38.6. The second-order valence-electron chi connectivity index (χ2n) is 5.23. The lowest BCUT2D eigenvalue weighted by atomic mass is 10.3. The van der Waals surface area contributed by atoms with E-state index in [-0.39, 0.29) is 29.6 Å². The lowest BCUT2D eigenvalue weighted by Crippen LogP contribution is -2.17. The van der Waals surface area contributed by atoms with Gasteiger partial charge < -0.3 is 19.5 Å². The Morgan fingerprint density at radius 2 is 1.69 bits per heavy atom. The number of anilines is 1. The normalized spacial score (nSPS) is 10.9. The van der Waals surface area contributed by atoms with Crippen molar-refractivity contribution in [3.8, 4) is 17.2 Å². The molecule has 8 nitrogen and oxygen atoms in total. The summed E-state index contributed by atoms with van der Waals surface area (Å²) in [6, 6.07) is 11.2. The number of nitrogens with one attached hydrogen (secondary N) is 1.